The van der Waals surface area contributed by atoms with E-state index < -0.39 is 0 Å². The number of rotatable bonds is 3. The van der Waals surface area contributed by atoms with Crippen molar-refractivity contribution >= 4 is 11.6 Å². The van der Waals surface area contributed by atoms with Gasteiger partial charge in [0.25, 0.3) is 0 Å². The first kappa shape index (κ1) is 14.2. The van der Waals surface area contributed by atoms with Crippen LogP contribution in [-0.2, 0) is 0 Å². The monoisotopic (exact) mass is 293 g/mol. The Kier molecular flexibility index (Phi) is 3.96. The van der Waals surface area contributed by atoms with Crippen molar-refractivity contribution < 1.29 is 4.74 Å². The average Bonchev–Trinajstić information content (AvgIpc) is 2.82. The van der Waals surface area contributed by atoms with Crippen molar-refractivity contribution in [2.24, 2.45) is 5.92 Å². The topological polar surface area (TPSA) is 21.3 Å². The van der Waals surface area contributed by atoms with E-state index in [-0.39, 0.29) is 5.60 Å². The van der Waals surface area contributed by atoms with Gasteiger partial charge in [-0.3, -0.25) is 0 Å². The number of fused-ring (bicyclic) bond motifs is 1. The molecule has 1 aliphatic carbocycles. The lowest BCUT2D eigenvalue weighted by Crippen LogP contribution is -2.46. The minimum Gasteiger partial charge on any atom is -0.487 e. The first-order valence-electron chi connectivity index (χ1n) is 7.90. The molecule has 1 saturated carbocycles. The molecular formula is C17H24ClNO. The SMILES string of the molecule is CCNC1CC2(CCCC2CC)Oc2ccc(Cl)cc21. The van der Waals surface area contributed by atoms with Gasteiger partial charge in [0.1, 0.15) is 11.4 Å². The van der Waals surface area contributed by atoms with Crippen LogP contribution in [0.1, 0.15) is 57.6 Å². The second kappa shape index (κ2) is 5.57. The molecule has 0 bridgehead atoms. The molecule has 0 saturated heterocycles. The molecule has 110 valence electrons. The van der Waals surface area contributed by atoms with Crippen LogP contribution in [0.2, 0.25) is 5.02 Å². The van der Waals surface area contributed by atoms with E-state index in [1.54, 1.807) is 0 Å². The third kappa shape index (κ3) is 2.33. The molecule has 3 rings (SSSR count). The molecule has 3 unspecified atom stereocenters. The summed E-state index contributed by atoms with van der Waals surface area (Å²) in [4.78, 5) is 0. The quantitative estimate of drug-likeness (QED) is 0.870. The number of hydrogen-bond acceptors (Lipinski definition) is 2. The van der Waals surface area contributed by atoms with Crippen LogP contribution in [0.25, 0.3) is 0 Å². The van der Waals surface area contributed by atoms with Gasteiger partial charge in [0, 0.05) is 23.0 Å². The molecule has 2 aliphatic rings. The van der Waals surface area contributed by atoms with Crippen molar-refractivity contribution in [3.8, 4) is 5.75 Å². The van der Waals surface area contributed by atoms with Crippen LogP contribution in [-0.4, -0.2) is 12.1 Å². The van der Waals surface area contributed by atoms with Crippen molar-refractivity contribution in [1.29, 1.82) is 0 Å². The van der Waals surface area contributed by atoms with Gasteiger partial charge < -0.3 is 10.1 Å². The zero-order valence-corrected chi connectivity index (χ0v) is 13.2. The van der Waals surface area contributed by atoms with E-state index in [1.807, 2.05) is 12.1 Å². The summed E-state index contributed by atoms with van der Waals surface area (Å²) in [5.74, 6) is 1.72. The lowest BCUT2D eigenvalue weighted by molar-refractivity contribution is -0.00535. The summed E-state index contributed by atoms with van der Waals surface area (Å²) in [5, 5.41) is 4.42. The Balaban J connectivity index is 1.98. The summed E-state index contributed by atoms with van der Waals surface area (Å²) in [6, 6.07) is 6.42. The predicted octanol–water partition coefficient (Wildman–Crippen LogP) is 4.72. The molecule has 1 heterocycles. The molecule has 20 heavy (non-hydrogen) atoms. The molecule has 1 aromatic carbocycles. The predicted molar refractivity (Wildman–Crippen MR) is 83.5 cm³/mol. The van der Waals surface area contributed by atoms with Gasteiger partial charge in [0.15, 0.2) is 0 Å². The summed E-state index contributed by atoms with van der Waals surface area (Å²) < 4.78 is 6.52. The molecule has 2 nitrogen and oxygen atoms in total. The van der Waals surface area contributed by atoms with Crippen molar-refractivity contribution in [3.05, 3.63) is 28.8 Å². The van der Waals surface area contributed by atoms with Crippen LogP contribution in [0.4, 0.5) is 0 Å². The van der Waals surface area contributed by atoms with Crippen LogP contribution in [0.5, 0.6) is 5.75 Å². The van der Waals surface area contributed by atoms with Gasteiger partial charge in [-0.15, -0.1) is 0 Å². The standard InChI is InChI=1S/C17H24ClNO/c1-3-12-6-5-9-17(12)11-15(19-4-2)14-10-13(18)7-8-16(14)20-17/h7-8,10,12,15,19H,3-6,9,11H2,1-2H3. The molecule has 1 fully saturated rings. The molecule has 0 amide bonds. The van der Waals surface area contributed by atoms with E-state index in [9.17, 15) is 0 Å². The second-order valence-corrected chi connectivity index (χ2v) is 6.60. The van der Waals surface area contributed by atoms with Crippen molar-refractivity contribution in [1.82, 2.24) is 5.32 Å². The van der Waals surface area contributed by atoms with Crippen molar-refractivity contribution in [2.45, 2.75) is 57.6 Å². The average molecular weight is 294 g/mol. The van der Waals surface area contributed by atoms with Gasteiger partial charge in [-0.05, 0) is 56.3 Å². The zero-order valence-electron chi connectivity index (χ0n) is 12.4. The fraction of sp³-hybridized carbons (Fsp3) is 0.647. The highest BCUT2D eigenvalue weighted by molar-refractivity contribution is 6.30. The van der Waals surface area contributed by atoms with E-state index in [0.29, 0.717) is 12.0 Å². The summed E-state index contributed by atoms with van der Waals surface area (Å²) in [6.07, 6.45) is 6.07. The fourth-order valence-electron chi connectivity index (χ4n) is 4.12. The van der Waals surface area contributed by atoms with Crippen LogP contribution in [0.3, 0.4) is 0 Å². The highest BCUT2D eigenvalue weighted by Crippen LogP contribution is 2.51. The largest absolute Gasteiger partial charge is 0.487 e. The molecule has 0 aromatic heterocycles. The van der Waals surface area contributed by atoms with Crippen molar-refractivity contribution in [2.75, 3.05) is 6.54 Å². The number of nitrogens with one attached hydrogen (secondary N) is 1. The van der Waals surface area contributed by atoms with E-state index in [1.165, 1.54) is 31.2 Å². The second-order valence-electron chi connectivity index (χ2n) is 6.16. The maximum absolute atomic E-state index is 6.52. The molecule has 1 aliphatic heterocycles. The Bertz CT molecular complexity index is 490. The van der Waals surface area contributed by atoms with Gasteiger partial charge in [0.2, 0.25) is 0 Å². The van der Waals surface area contributed by atoms with E-state index in [4.69, 9.17) is 16.3 Å². The Morgan fingerprint density at radius 3 is 3.00 bits per heavy atom. The maximum atomic E-state index is 6.52. The summed E-state index contributed by atoms with van der Waals surface area (Å²) in [5.41, 5.74) is 1.27. The number of hydrogen-bond donors (Lipinski definition) is 1. The van der Waals surface area contributed by atoms with E-state index in [2.05, 4.69) is 25.2 Å². The molecule has 3 atom stereocenters. The Morgan fingerprint density at radius 2 is 2.25 bits per heavy atom. The first-order chi connectivity index (χ1) is 9.68. The van der Waals surface area contributed by atoms with Crippen LogP contribution in [0.15, 0.2) is 18.2 Å². The van der Waals surface area contributed by atoms with E-state index >= 15 is 0 Å². The Morgan fingerprint density at radius 1 is 1.40 bits per heavy atom. The lowest BCUT2D eigenvalue weighted by atomic mass is 9.79. The van der Waals surface area contributed by atoms with Gasteiger partial charge in [-0.25, -0.2) is 0 Å². The Labute approximate surface area is 126 Å². The zero-order chi connectivity index (χ0) is 14.2. The van der Waals surface area contributed by atoms with Gasteiger partial charge in [-0.2, -0.15) is 0 Å². The number of benzene rings is 1. The first-order valence-corrected chi connectivity index (χ1v) is 8.28. The highest BCUT2D eigenvalue weighted by Gasteiger charge is 2.48. The number of halogens is 1. The fourth-order valence-corrected chi connectivity index (χ4v) is 4.30. The molecule has 1 spiro atoms. The van der Waals surface area contributed by atoms with Crippen LogP contribution in [0, 0.1) is 5.92 Å². The maximum Gasteiger partial charge on any atom is 0.125 e. The minimum absolute atomic E-state index is 0.0441. The third-order valence-corrected chi connectivity index (χ3v) is 5.29. The normalized spacial score (nSPS) is 32.1. The van der Waals surface area contributed by atoms with Crippen LogP contribution < -0.4 is 10.1 Å². The van der Waals surface area contributed by atoms with Crippen molar-refractivity contribution in [3.63, 3.8) is 0 Å². The smallest absolute Gasteiger partial charge is 0.125 e. The molecule has 0 radical (unpaired) electrons. The minimum atomic E-state index is 0.0441. The summed E-state index contributed by atoms with van der Waals surface area (Å²) >= 11 is 6.17. The van der Waals surface area contributed by atoms with Gasteiger partial charge in [0.05, 0.1) is 0 Å². The summed E-state index contributed by atoms with van der Waals surface area (Å²) in [6.45, 7) is 5.43. The van der Waals surface area contributed by atoms with Gasteiger partial charge in [-0.1, -0.05) is 25.4 Å². The molecular weight excluding hydrogens is 270 g/mol. The Hall–Kier alpha value is -0.730. The highest BCUT2D eigenvalue weighted by atomic mass is 35.5. The lowest BCUT2D eigenvalue weighted by Gasteiger charge is -2.44. The molecule has 1 aromatic rings. The van der Waals surface area contributed by atoms with Crippen LogP contribution >= 0.6 is 11.6 Å². The molecule has 3 heteroatoms. The van der Waals surface area contributed by atoms with Gasteiger partial charge >= 0.3 is 0 Å². The number of ether oxygens (including phenoxy) is 1. The van der Waals surface area contributed by atoms with E-state index in [0.717, 1.165) is 23.7 Å². The summed E-state index contributed by atoms with van der Waals surface area (Å²) in [7, 11) is 0. The third-order valence-electron chi connectivity index (χ3n) is 5.05. The molecule has 1 N–H and O–H groups in total.